The number of carbonyl (C=O) groups excluding carboxylic acids is 2. The van der Waals surface area contributed by atoms with Gasteiger partial charge in [-0.3, -0.25) is 19.5 Å². The summed E-state index contributed by atoms with van der Waals surface area (Å²) in [5.41, 5.74) is 0.736. The van der Waals surface area contributed by atoms with Crippen LogP contribution in [0.5, 0.6) is 0 Å². The van der Waals surface area contributed by atoms with E-state index in [9.17, 15) is 14.7 Å². The van der Waals surface area contributed by atoms with Crippen LogP contribution in [0.3, 0.4) is 0 Å². The normalized spacial score (nSPS) is 24.9. The highest BCUT2D eigenvalue weighted by atomic mass is 16.5. The minimum absolute atomic E-state index is 0.0512. The average Bonchev–Trinajstić information content (AvgIpc) is 2.76. The Hall–Kier alpha value is -2.07. The van der Waals surface area contributed by atoms with Crippen LogP contribution in [0.25, 0.3) is 0 Å². The van der Waals surface area contributed by atoms with Crippen LogP contribution in [0.2, 0.25) is 0 Å². The third kappa shape index (κ3) is 7.32. The number of aliphatic hydroxyl groups excluding tert-OH is 1. The van der Waals surface area contributed by atoms with E-state index >= 15 is 0 Å². The van der Waals surface area contributed by atoms with Gasteiger partial charge in [0.1, 0.15) is 6.10 Å². The molecule has 0 bridgehead atoms. The van der Waals surface area contributed by atoms with Crippen LogP contribution >= 0.6 is 0 Å². The van der Waals surface area contributed by atoms with Crippen molar-refractivity contribution in [1.29, 1.82) is 0 Å². The van der Waals surface area contributed by atoms with Crippen LogP contribution in [-0.4, -0.2) is 91.1 Å². The van der Waals surface area contributed by atoms with Crippen molar-refractivity contribution in [2.24, 2.45) is 0 Å². The fourth-order valence-electron chi connectivity index (χ4n) is 3.83. The summed E-state index contributed by atoms with van der Waals surface area (Å²) in [6.45, 7) is 3.51. The van der Waals surface area contributed by atoms with Crippen molar-refractivity contribution in [2.75, 3.05) is 46.0 Å². The first-order chi connectivity index (χ1) is 14.6. The molecule has 2 aliphatic heterocycles. The molecule has 2 saturated heterocycles. The number of nitrogens with zero attached hydrogens (tertiary/aromatic N) is 2. The van der Waals surface area contributed by atoms with Crippen LogP contribution in [0.1, 0.15) is 25.0 Å². The molecule has 30 heavy (non-hydrogen) atoms. The molecule has 2 fully saturated rings. The number of hydrogen-bond donors (Lipinski definition) is 3. The second-order valence-corrected chi connectivity index (χ2v) is 7.76. The Morgan fingerprint density at radius 1 is 1.20 bits per heavy atom. The van der Waals surface area contributed by atoms with Crippen molar-refractivity contribution < 1.29 is 24.2 Å². The molecule has 2 amide bonds. The summed E-state index contributed by atoms with van der Waals surface area (Å²) in [5, 5.41) is 15.6. The number of amides is 2. The van der Waals surface area contributed by atoms with Crippen LogP contribution in [-0.2, 0) is 25.5 Å². The molecule has 9 nitrogen and oxygen atoms in total. The number of nitrogens with one attached hydrogen (secondary N) is 2. The van der Waals surface area contributed by atoms with Crippen molar-refractivity contribution in [1.82, 2.24) is 20.5 Å². The quantitative estimate of drug-likeness (QED) is 0.493. The zero-order valence-electron chi connectivity index (χ0n) is 17.3. The first kappa shape index (κ1) is 22.6. The molecule has 166 valence electrons. The Bertz CT molecular complexity index is 669. The SMILES string of the molecule is O=C(Cc1ccccn1)NCC[C@@H]1CC[C@H](NC(=O)CN2CCOCC2)[C@@H](CO)O1. The van der Waals surface area contributed by atoms with E-state index in [-0.39, 0.29) is 37.0 Å². The van der Waals surface area contributed by atoms with Crippen LogP contribution < -0.4 is 10.6 Å². The number of rotatable bonds is 9. The lowest BCUT2D eigenvalue weighted by atomic mass is 9.97. The van der Waals surface area contributed by atoms with E-state index in [0.717, 1.165) is 31.6 Å². The van der Waals surface area contributed by atoms with Crippen molar-refractivity contribution in [2.45, 2.75) is 43.9 Å². The summed E-state index contributed by atoms with van der Waals surface area (Å²) in [5.74, 6) is -0.124. The maximum absolute atomic E-state index is 12.3. The lowest BCUT2D eigenvalue weighted by molar-refractivity contribution is -0.130. The molecule has 0 saturated carbocycles. The molecule has 0 aliphatic carbocycles. The minimum Gasteiger partial charge on any atom is -0.394 e. The van der Waals surface area contributed by atoms with E-state index in [2.05, 4.69) is 20.5 Å². The molecule has 3 atom stereocenters. The summed E-state index contributed by atoms with van der Waals surface area (Å²) in [4.78, 5) is 30.6. The van der Waals surface area contributed by atoms with Gasteiger partial charge in [-0.05, 0) is 31.4 Å². The Morgan fingerprint density at radius 2 is 2.03 bits per heavy atom. The van der Waals surface area contributed by atoms with Crippen molar-refractivity contribution in [3.8, 4) is 0 Å². The van der Waals surface area contributed by atoms with E-state index in [1.165, 1.54) is 0 Å². The third-order valence-electron chi connectivity index (χ3n) is 5.47. The Morgan fingerprint density at radius 3 is 2.77 bits per heavy atom. The predicted molar refractivity (Wildman–Crippen MR) is 110 cm³/mol. The fourth-order valence-corrected chi connectivity index (χ4v) is 3.83. The Labute approximate surface area is 177 Å². The first-order valence-corrected chi connectivity index (χ1v) is 10.7. The Kier molecular flexibility index (Phi) is 9.00. The number of morpholine rings is 1. The van der Waals surface area contributed by atoms with E-state index in [1.54, 1.807) is 6.20 Å². The highest BCUT2D eigenvalue weighted by Gasteiger charge is 2.32. The number of aliphatic hydroxyl groups is 1. The van der Waals surface area contributed by atoms with E-state index in [0.29, 0.717) is 32.7 Å². The van der Waals surface area contributed by atoms with Crippen LogP contribution in [0.4, 0.5) is 0 Å². The average molecular weight is 421 g/mol. The van der Waals surface area contributed by atoms with Gasteiger partial charge in [0.05, 0.1) is 44.9 Å². The van der Waals surface area contributed by atoms with Gasteiger partial charge in [-0.2, -0.15) is 0 Å². The van der Waals surface area contributed by atoms with Gasteiger partial charge in [-0.25, -0.2) is 0 Å². The maximum atomic E-state index is 12.3. The summed E-state index contributed by atoms with van der Waals surface area (Å²) in [6.07, 6.45) is 3.62. The molecule has 3 heterocycles. The molecule has 2 aliphatic rings. The molecule has 3 N–H and O–H groups in total. The number of pyridine rings is 1. The van der Waals surface area contributed by atoms with Gasteiger partial charge in [-0.1, -0.05) is 6.07 Å². The monoisotopic (exact) mass is 420 g/mol. The summed E-state index contributed by atoms with van der Waals surface area (Å²) < 4.78 is 11.3. The molecule has 0 radical (unpaired) electrons. The molecule has 0 unspecified atom stereocenters. The highest BCUT2D eigenvalue weighted by molar-refractivity contribution is 5.78. The smallest absolute Gasteiger partial charge is 0.234 e. The molecule has 1 aromatic rings. The molecular weight excluding hydrogens is 388 g/mol. The molecule has 0 spiro atoms. The van der Waals surface area contributed by atoms with Gasteiger partial charge in [-0.15, -0.1) is 0 Å². The number of hydrogen-bond acceptors (Lipinski definition) is 7. The van der Waals surface area contributed by atoms with E-state index < -0.39 is 6.10 Å². The second kappa shape index (κ2) is 11.9. The van der Waals surface area contributed by atoms with Gasteiger partial charge in [0.15, 0.2) is 0 Å². The number of aromatic nitrogens is 1. The second-order valence-electron chi connectivity index (χ2n) is 7.76. The summed E-state index contributed by atoms with van der Waals surface area (Å²) in [7, 11) is 0. The largest absolute Gasteiger partial charge is 0.394 e. The topological polar surface area (TPSA) is 113 Å². The standard InChI is InChI=1S/C21H32N4O5/c26-15-19-18(24-21(28)14-25-9-11-29-12-10-25)5-4-17(30-19)6-8-23-20(27)13-16-3-1-2-7-22-16/h1-3,7,17-19,26H,4-6,8-15H2,(H,23,27)(H,24,28)/t17-,18-,19+/m0/s1. The van der Waals surface area contributed by atoms with Gasteiger partial charge in [0.25, 0.3) is 0 Å². The third-order valence-corrected chi connectivity index (χ3v) is 5.47. The molecule has 3 rings (SSSR count). The van der Waals surface area contributed by atoms with Gasteiger partial charge in [0, 0.05) is 31.5 Å². The van der Waals surface area contributed by atoms with E-state index in [4.69, 9.17) is 9.47 Å². The van der Waals surface area contributed by atoms with Crippen molar-refractivity contribution >= 4 is 11.8 Å². The van der Waals surface area contributed by atoms with Gasteiger partial charge < -0.3 is 25.2 Å². The predicted octanol–water partition coefficient (Wildman–Crippen LogP) is -0.513. The van der Waals surface area contributed by atoms with E-state index in [1.807, 2.05) is 18.2 Å². The minimum atomic E-state index is -0.429. The molecule has 0 aromatic carbocycles. The Balaban J connectivity index is 1.35. The van der Waals surface area contributed by atoms with Gasteiger partial charge in [0.2, 0.25) is 11.8 Å². The van der Waals surface area contributed by atoms with Crippen LogP contribution in [0, 0.1) is 0 Å². The summed E-state index contributed by atoms with van der Waals surface area (Å²) in [6, 6.07) is 5.30. The summed E-state index contributed by atoms with van der Waals surface area (Å²) >= 11 is 0. The first-order valence-electron chi connectivity index (χ1n) is 10.7. The van der Waals surface area contributed by atoms with Crippen LogP contribution in [0.15, 0.2) is 24.4 Å². The van der Waals surface area contributed by atoms with Crippen molar-refractivity contribution in [3.05, 3.63) is 30.1 Å². The number of carbonyl (C=O) groups is 2. The maximum Gasteiger partial charge on any atom is 0.234 e. The van der Waals surface area contributed by atoms with Crippen molar-refractivity contribution in [3.63, 3.8) is 0 Å². The zero-order chi connectivity index (χ0) is 21.2. The molecule has 9 heteroatoms. The molecular formula is C21H32N4O5. The molecule has 1 aromatic heterocycles. The lowest BCUT2D eigenvalue weighted by Gasteiger charge is -2.36. The highest BCUT2D eigenvalue weighted by Crippen LogP contribution is 2.21. The fraction of sp³-hybridized carbons (Fsp3) is 0.667. The van der Waals surface area contributed by atoms with Gasteiger partial charge >= 0.3 is 0 Å². The lowest BCUT2D eigenvalue weighted by Crippen LogP contribution is -2.53. The zero-order valence-corrected chi connectivity index (χ0v) is 17.3. The number of ether oxygens (including phenoxy) is 2.